The third kappa shape index (κ3) is 15.2. The maximum atomic E-state index is 15.2. The third-order valence-corrected chi connectivity index (χ3v) is 25.9. The van der Waals surface area contributed by atoms with Crippen molar-refractivity contribution in [2.24, 2.45) is 11.5 Å². The number of esters is 3. The SMILES string of the molecule is CC[C@@]1(O)C(=O)CCc2c1cc1n(c2=O)Cc2c-1nc1cc(F)c(C)c3c1c2[C@@H](N)CC3.CC[C@@]1(O)C(=O)OCc2c1cc1n(c2=O)Cc2c-1nc1cc(F)c(C)c3c1c2[C@@H](NC(=O)CN(C)CCCC(=O)OC(C)(C)C)CC3.CC[C@@]1(O)C(=O)OCc2c1cc1n(c2=O)Cc2c-1nc1cc(F)c(C)c3c1c2[C@@H](NC(=O)CN(C)CCN)CC3.CS(=O)(=O)O. The summed E-state index contributed by atoms with van der Waals surface area (Å²) in [5, 5.41) is 42.4. The minimum Gasteiger partial charge on any atom is -0.460 e. The highest BCUT2D eigenvalue weighted by atomic mass is 32.2. The molecule has 34 heteroatoms. The molecule has 4 aliphatic carbocycles. The molecule has 124 heavy (non-hydrogen) atoms. The van der Waals surface area contributed by atoms with E-state index in [0.29, 0.717) is 162 Å². The molecule has 0 unspecified atom stereocenters. The number of hydrogen-bond acceptors (Lipinski definition) is 24. The molecule has 0 radical (unpaired) electrons. The summed E-state index contributed by atoms with van der Waals surface area (Å²) >= 11 is 0. The summed E-state index contributed by atoms with van der Waals surface area (Å²) in [6, 6.07) is 8.23. The maximum Gasteiger partial charge on any atom is 0.343 e. The van der Waals surface area contributed by atoms with Crippen LogP contribution in [0.3, 0.4) is 0 Å². The molecule has 30 nitrogen and oxygen atoms in total. The molecule has 0 saturated heterocycles. The van der Waals surface area contributed by atoms with Crippen LogP contribution in [-0.2, 0) is 128 Å². The number of aromatic nitrogens is 6. The monoisotopic (exact) mass is 1730 g/mol. The van der Waals surface area contributed by atoms with Gasteiger partial charge in [-0.2, -0.15) is 8.42 Å². The van der Waals surface area contributed by atoms with Crippen molar-refractivity contribution in [2.45, 2.75) is 219 Å². The number of nitrogens with one attached hydrogen (secondary N) is 2. The standard InChI is InChI=1S/C35H41FN4O7.C29H32FN5O5.C25H24FN3O3.CH4O3S/c1-7-35(45)22-13-26-31-20(15-40(26)32(43)21(22)17-46-33(35)44)30-24(11-10-19-18(2)23(36)14-25(38-31)29(19)30)37-27(41)16-39(6)12-8-9-28(42)47-34(3,4)5;1-4-29(39)18-9-22-26-16(11-35(22)27(37)17(18)13-40-28(29)38)25-20(32-23(36)12-34(3)8-7-31)6-5-15-14(2)19(30)10-21(33-26)24(15)25;1-3-25(32)15-8-19-23-14(10-29(19)24(31)13(15)5-7-20(25)30)21-17(27)6-4-12-11(2)16(26)9-18(28-23)22(12)21;1-5(2,3)4/h13-14,24,45H,7-12,15-17H2,1-6H3,(H,37,41);9-10,20,39H,4-8,11-13,31H2,1-3H3,(H,32,36);8-9,17,32H,3-7,10,27H2,1-2H3;1H3,(H,2,3,4)/t24-,35-;20-,29-;17-,25-;/m000./s1. The third-order valence-electron chi connectivity index (χ3n) is 25.9. The highest BCUT2D eigenvalue weighted by molar-refractivity contribution is 7.85. The van der Waals surface area contributed by atoms with Gasteiger partial charge in [-0.05, 0) is 201 Å². The predicted molar refractivity (Wildman–Crippen MR) is 451 cm³/mol. The van der Waals surface area contributed by atoms with Crippen LogP contribution in [0.25, 0.3) is 66.9 Å². The lowest BCUT2D eigenvalue weighted by atomic mass is 9.77. The van der Waals surface area contributed by atoms with Crippen LogP contribution < -0.4 is 38.8 Å². The topological polar surface area (TPSA) is 432 Å². The fourth-order valence-electron chi connectivity index (χ4n) is 19.6. The first-order chi connectivity index (χ1) is 58.5. The molecule has 11 heterocycles. The molecular formula is C90H101F3N12O18S. The van der Waals surface area contributed by atoms with Gasteiger partial charge in [-0.3, -0.25) is 47.9 Å². The molecule has 2 amide bonds. The van der Waals surface area contributed by atoms with Crippen LogP contribution in [0.1, 0.15) is 218 Å². The second-order valence-electron chi connectivity index (χ2n) is 34.9. The molecule has 9 aromatic rings. The largest absolute Gasteiger partial charge is 0.460 e. The van der Waals surface area contributed by atoms with Crippen molar-refractivity contribution in [3.05, 3.63) is 185 Å². The van der Waals surface area contributed by atoms with E-state index in [2.05, 4.69) is 10.6 Å². The number of amides is 2. The van der Waals surface area contributed by atoms with Crippen molar-refractivity contribution in [2.75, 3.05) is 53.1 Å². The Bertz CT molecular complexity index is 6450. The van der Waals surface area contributed by atoms with Gasteiger partial charge in [0.05, 0.1) is 113 Å². The highest BCUT2D eigenvalue weighted by Crippen LogP contribution is 2.51. The smallest absolute Gasteiger partial charge is 0.343 e. The van der Waals surface area contributed by atoms with E-state index in [0.717, 1.165) is 66.2 Å². The summed E-state index contributed by atoms with van der Waals surface area (Å²) in [5.74, 6) is -3.56. The van der Waals surface area contributed by atoms with E-state index in [1.54, 1.807) is 73.4 Å². The molecule has 10 N–H and O–H groups in total. The van der Waals surface area contributed by atoms with Crippen LogP contribution in [0.5, 0.6) is 0 Å². The van der Waals surface area contributed by atoms with E-state index < -0.39 is 56.1 Å². The Morgan fingerprint density at radius 3 is 1.31 bits per heavy atom. The van der Waals surface area contributed by atoms with E-state index in [1.807, 2.05) is 44.7 Å². The summed E-state index contributed by atoms with van der Waals surface area (Å²) in [6.45, 7) is 17.8. The fourth-order valence-corrected chi connectivity index (χ4v) is 19.6. The Hall–Kier alpha value is -10.8. The number of halogens is 3. The maximum absolute atomic E-state index is 15.2. The Kier molecular flexibility index (Phi) is 23.2. The molecule has 656 valence electrons. The van der Waals surface area contributed by atoms with Gasteiger partial charge in [-0.15, -0.1) is 0 Å². The van der Waals surface area contributed by atoms with E-state index in [9.17, 15) is 71.3 Å². The molecule has 6 aromatic heterocycles. The van der Waals surface area contributed by atoms with Gasteiger partial charge in [0.15, 0.2) is 17.0 Å². The second-order valence-corrected chi connectivity index (χ2v) is 36.4. The Morgan fingerprint density at radius 1 is 0.556 bits per heavy atom. The van der Waals surface area contributed by atoms with E-state index >= 15 is 8.78 Å². The van der Waals surface area contributed by atoms with E-state index in [1.165, 1.54) is 18.2 Å². The van der Waals surface area contributed by atoms with Crippen molar-refractivity contribution in [1.82, 2.24) is 49.1 Å². The van der Waals surface area contributed by atoms with Crippen LogP contribution in [0, 0.1) is 38.2 Å². The molecule has 0 spiro atoms. The number of cyclic esters (lactones) is 2. The highest BCUT2D eigenvalue weighted by Gasteiger charge is 2.50. The number of fused-ring (bicyclic) bond motifs is 15. The molecule has 5 aliphatic heterocycles. The quantitative estimate of drug-likeness (QED) is 0.0277. The lowest BCUT2D eigenvalue weighted by Gasteiger charge is -2.32. The summed E-state index contributed by atoms with van der Waals surface area (Å²) in [6.07, 6.45) is 5.82. The molecule has 3 aromatic carbocycles. The molecule has 18 rings (SSSR count). The lowest BCUT2D eigenvalue weighted by molar-refractivity contribution is -0.172. The molecule has 0 fully saturated rings. The van der Waals surface area contributed by atoms with Crippen molar-refractivity contribution in [1.29, 1.82) is 0 Å². The minimum absolute atomic E-state index is 0.0163. The number of hydrogen-bond donors (Lipinski definition) is 8. The number of nitrogens with two attached hydrogens (primary N) is 2. The van der Waals surface area contributed by atoms with Gasteiger partial charge in [0.2, 0.25) is 11.8 Å². The van der Waals surface area contributed by atoms with Crippen LogP contribution in [0.2, 0.25) is 0 Å². The van der Waals surface area contributed by atoms with Crippen LogP contribution in [0.15, 0.2) is 50.8 Å². The van der Waals surface area contributed by atoms with Gasteiger partial charge in [0.1, 0.15) is 41.9 Å². The Labute approximate surface area is 711 Å². The number of rotatable bonds is 15. The van der Waals surface area contributed by atoms with Gasteiger partial charge in [0.25, 0.3) is 26.8 Å². The number of aryl methyl sites for hydroxylation is 3. The first-order valence-electron chi connectivity index (χ1n) is 41.8. The number of benzene rings is 3. The van der Waals surface area contributed by atoms with E-state index in [-0.39, 0.29) is 158 Å². The lowest BCUT2D eigenvalue weighted by Crippen LogP contribution is -2.44. The van der Waals surface area contributed by atoms with Crippen LogP contribution >= 0.6 is 0 Å². The predicted octanol–water partition coefficient (Wildman–Crippen LogP) is 7.64. The number of aliphatic hydroxyl groups is 3. The zero-order valence-electron chi connectivity index (χ0n) is 71.2. The fraction of sp³-hybridized carbons (Fsp3) is 0.467. The number of carbonyl (C=O) groups is 6. The van der Waals surface area contributed by atoms with Crippen LogP contribution in [-0.4, -0.2) is 161 Å². The normalized spacial score (nSPS) is 20.6. The zero-order valence-corrected chi connectivity index (χ0v) is 72.1. The summed E-state index contributed by atoms with van der Waals surface area (Å²) in [5.41, 5.74) is 20.5. The van der Waals surface area contributed by atoms with Gasteiger partial charge in [0, 0.05) is 105 Å². The molecule has 0 bridgehead atoms. The summed E-state index contributed by atoms with van der Waals surface area (Å²) in [7, 11) is -0.0238. The summed E-state index contributed by atoms with van der Waals surface area (Å²) < 4.78 is 91.3. The minimum atomic E-state index is -3.67. The zero-order chi connectivity index (χ0) is 89.5. The average Bonchev–Trinajstić information content (AvgIpc) is 1.61. The molecule has 9 aliphatic rings. The van der Waals surface area contributed by atoms with Crippen molar-refractivity contribution in [3.8, 4) is 34.2 Å². The van der Waals surface area contributed by atoms with Gasteiger partial charge in [-0.25, -0.2) is 37.7 Å². The molecule has 0 saturated carbocycles. The number of ketones is 1. The molecular weight excluding hydrogens is 1630 g/mol. The molecule has 6 atom stereocenters. The van der Waals surface area contributed by atoms with Gasteiger partial charge in [-0.1, -0.05) is 20.8 Å². The van der Waals surface area contributed by atoms with Crippen molar-refractivity contribution >= 4 is 78.3 Å². The average molecular weight is 1730 g/mol. The summed E-state index contributed by atoms with van der Waals surface area (Å²) in [4.78, 5) is 135. The number of Topliss-reactive ketones (excluding diaryl/α,β-unsaturated/α-hetero) is 1. The Morgan fingerprint density at radius 2 is 0.919 bits per heavy atom. The van der Waals surface area contributed by atoms with E-state index in [4.69, 9.17) is 45.2 Å². The number of ether oxygens (including phenoxy) is 3. The number of nitrogens with zero attached hydrogens (tertiary/aromatic N) is 8. The number of likely N-dealkylation sites (N-methyl/N-ethyl adjacent to an activating group) is 2. The van der Waals surface area contributed by atoms with Gasteiger partial charge >= 0.3 is 17.9 Å². The first-order valence-corrected chi connectivity index (χ1v) is 43.7. The van der Waals surface area contributed by atoms with Crippen LogP contribution in [0.4, 0.5) is 13.2 Å². The van der Waals surface area contributed by atoms with Crippen molar-refractivity contribution in [3.63, 3.8) is 0 Å². The second kappa shape index (κ2) is 32.6. The Balaban J connectivity index is 0.000000142. The van der Waals surface area contributed by atoms with Gasteiger partial charge < -0.3 is 65.3 Å². The number of pyridine rings is 6. The van der Waals surface area contributed by atoms with Crippen molar-refractivity contribution < 1.29 is 84.4 Å². The first kappa shape index (κ1) is 88.1. The number of carbonyl (C=O) groups excluding carboxylic acids is 6.